The van der Waals surface area contributed by atoms with E-state index in [1.54, 1.807) is 7.11 Å². The van der Waals surface area contributed by atoms with Crippen LogP contribution in [0.5, 0.6) is 0 Å². The van der Waals surface area contributed by atoms with E-state index in [0.29, 0.717) is 42.7 Å². The lowest BCUT2D eigenvalue weighted by atomic mass is 9.95. The molecule has 0 radical (unpaired) electrons. The van der Waals surface area contributed by atoms with Crippen molar-refractivity contribution in [2.24, 2.45) is 17.8 Å². The number of carbonyl (C=O) groups excluding carboxylic acids is 1. The fourth-order valence-corrected chi connectivity index (χ4v) is 3.26. The maximum Gasteiger partial charge on any atom is 0.223 e. The molecule has 0 spiro atoms. The molecule has 4 heteroatoms. The van der Waals surface area contributed by atoms with E-state index in [2.05, 4.69) is 24.1 Å². The van der Waals surface area contributed by atoms with Crippen LogP contribution in [0.2, 0.25) is 0 Å². The summed E-state index contributed by atoms with van der Waals surface area (Å²) in [5.74, 6) is 1.96. The first-order valence-corrected chi connectivity index (χ1v) is 6.62. The number of hydrogen-bond acceptors (Lipinski definition) is 3. The van der Waals surface area contributed by atoms with Crippen LogP contribution in [0.4, 0.5) is 0 Å². The van der Waals surface area contributed by atoms with Gasteiger partial charge in [0.25, 0.3) is 0 Å². The number of hydrogen-bond donors (Lipinski definition) is 1. The summed E-state index contributed by atoms with van der Waals surface area (Å²) in [5.41, 5.74) is 0. The minimum Gasteiger partial charge on any atom is -0.384 e. The van der Waals surface area contributed by atoms with Gasteiger partial charge in [-0.3, -0.25) is 4.79 Å². The second-order valence-electron chi connectivity index (χ2n) is 5.63. The monoisotopic (exact) mass is 240 g/mol. The van der Waals surface area contributed by atoms with Crippen molar-refractivity contribution in [3.8, 4) is 0 Å². The van der Waals surface area contributed by atoms with Crippen molar-refractivity contribution < 1.29 is 9.53 Å². The van der Waals surface area contributed by atoms with Gasteiger partial charge < -0.3 is 15.0 Å². The molecule has 0 aromatic heterocycles. The van der Waals surface area contributed by atoms with Crippen molar-refractivity contribution in [2.45, 2.75) is 26.3 Å². The van der Waals surface area contributed by atoms with Gasteiger partial charge in [-0.25, -0.2) is 0 Å². The molecule has 1 N–H and O–H groups in total. The van der Waals surface area contributed by atoms with E-state index in [1.165, 1.54) is 0 Å². The minimum absolute atomic E-state index is 0.302. The smallest absolute Gasteiger partial charge is 0.223 e. The number of rotatable bonds is 4. The molecule has 2 aliphatic heterocycles. The third kappa shape index (κ3) is 2.63. The highest BCUT2D eigenvalue weighted by Gasteiger charge is 2.43. The molecule has 17 heavy (non-hydrogen) atoms. The van der Waals surface area contributed by atoms with Crippen LogP contribution in [0, 0.1) is 17.8 Å². The Kier molecular flexibility index (Phi) is 4.05. The molecule has 2 rings (SSSR count). The standard InChI is InChI=1S/C13H24N2O2/c1-9(8-17-3)4-13(16)15-7-11-5-14-6-12(11)10(15)2/h9-12,14H,4-8H2,1-3H3. The van der Waals surface area contributed by atoms with Crippen molar-refractivity contribution in [3.63, 3.8) is 0 Å². The zero-order valence-corrected chi connectivity index (χ0v) is 11.1. The Morgan fingerprint density at radius 1 is 1.53 bits per heavy atom. The van der Waals surface area contributed by atoms with E-state index in [0.717, 1.165) is 19.6 Å². The molecular weight excluding hydrogens is 216 g/mol. The summed E-state index contributed by atoms with van der Waals surface area (Å²) in [6.07, 6.45) is 0.616. The molecule has 4 nitrogen and oxygen atoms in total. The van der Waals surface area contributed by atoms with E-state index in [-0.39, 0.29) is 0 Å². The highest BCUT2D eigenvalue weighted by Crippen LogP contribution is 2.32. The largest absolute Gasteiger partial charge is 0.384 e. The Morgan fingerprint density at radius 3 is 2.94 bits per heavy atom. The van der Waals surface area contributed by atoms with Gasteiger partial charge in [0.05, 0.1) is 0 Å². The van der Waals surface area contributed by atoms with Crippen LogP contribution in [0.1, 0.15) is 20.3 Å². The van der Waals surface area contributed by atoms with Gasteiger partial charge >= 0.3 is 0 Å². The molecule has 0 aromatic carbocycles. The lowest BCUT2D eigenvalue weighted by molar-refractivity contribution is -0.133. The van der Waals surface area contributed by atoms with Gasteiger partial charge in [0, 0.05) is 45.8 Å². The molecule has 2 saturated heterocycles. The molecule has 0 bridgehead atoms. The van der Waals surface area contributed by atoms with Crippen molar-refractivity contribution >= 4 is 5.91 Å². The quantitative estimate of drug-likeness (QED) is 0.787. The molecule has 0 saturated carbocycles. The van der Waals surface area contributed by atoms with Gasteiger partial charge in [0.2, 0.25) is 5.91 Å². The van der Waals surface area contributed by atoms with Gasteiger partial charge in [0.15, 0.2) is 0 Å². The van der Waals surface area contributed by atoms with Gasteiger partial charge in [-0.05, 0) is 24.7 Å². The Hall–Kier alpha value is -0.610. The number of methoxy groups -OCH3 is 1. The van der Waals surface area contributed by atoms with Crippen LogP contribution >= 0.6 is 0 Å². The van der Waals surface area contributed by atoms with Crippen LogP contribution in [0.15, 0.2) is 0 Å². The average Bonchev–Trinajstić information content (AvgIpc) is 2.82. The summed E-state index contributed by atoms with van der Waals surface area (Å²) in [4.78, 5) is 14.3. The van der Waals surface area contributed by atoms with Crippen molar-refractivity contribution in [2.75, 3.05) is 33.4 Å². The zero-order valence-electron chi connectivity index (χ0n) is 11.1. The Bertz CT molecular complexity index is 283. The van der Waals surface area contributed by atoms with Gasteiger partial charge in [-0.15, -0.1) is 0 Å². The van der Waals surface area contributed by atoms with E-state index < -0.39 is 0 Å². The molecule has 0 aromatic rings. The van der Waals surface area contributed by atoms with Crippen molar-refractivity contribution in [1.82, 2.24) is 10.2 Å². The summed E-state index contributed by atoms with van der Waals surface area (Å²) in [6, 6.07) is 0.400. The maximum absolute atomic E-state index is 12.2. The van der Waals surface area contributed by atoms with E-state index in [9.17, 15) is 4.79 Å². The molecule has 1 amide bonds. The van der Waals surface area contributed by atoms with Crippen molar-refractivity contribution in [3.05, 3.63) is 0 Å². The Labute approximate surface area is 104 Å². The number of ether oxygens (including phenoxy) is 1. The topological polar surface area (TPSA) is 41.6 Å². The number of carbonyl (C=O) groups is 1. The Morgan fingerprint density at radius 2 is 2.29 bits per heavy atom. The molecule has 98 valence electrons. The predicted molar refractivity (Wildman–Crippen MR) is 66.7 cm³/mol. The third-order valence-corrected chi connectivity index (χ3v) is 4.23. The summed E-state index contributed by atoms with van der Waals surface area (Å²) in [5, 5.41) is 3.42. The van der Waals surface area contributed by atoms with Crippen molar-refractivity contribution in [1.29, 1.82) is 0 Å². The summed E-state index contributed by atoms with van der Waals surface area (Å²) in [6.45, 7) is 8.02. The lowest BCUT2D eigenvalue weighted by Crippen LogP contribution is -2.38. The zero-order chi connectivity index (χ0) is 12.4. The van der Waals surface area contributed by atoms with Crippen LogP contribution in [-0.4, -0.2) is 50.2 Å². The number of amides is 1. The van der Waals surface area contributed by atoms with E-state index in [4.69, 9.17) is 4.74 Å². The van der Waals surface area contributed by atoms with E-state index in [1.807, 2.05) is 0 Å². The Balaban J connectivity index is 1.88. The van der Waals surface area contributed by atoms with Crippen LogP contribution in [0.25, 0.3) is 0 Å². The molecule has 2 fully saturated rings. The van der Waals surface area contributed by atoms with Gasteiger partial charge in [-0.1, -0.05) is 6.92 Å². The number of nitrogens with one attached hydrogen (secondary N) is 1. The molecule has 0 aliphatic carbocycles. The average molecular weight is 240 g/mol. The predicted octanol–water partition coefficient (Wildman–Crippen LogP) is 0.725. The highest BCUT2D eigenvalue weighted by molar-refractivity contribution is 5.77. The van der Waals surface area contributed by atoms with E-state index >= 15 is 0 Å². The van der Waals surface area contributed by atoms with Crippen LogP contribution in [0.3, 0.4) is 0 Å². The van der Waals surface area contributed by atoms with Crippen LogP contribution in [-0.2, 0) is 9.53 Å². The summed E-state index contributed by atoms with van der Waals surface area (Å²) in [7, 11) is 1.69. The summed E-state index contributed by atoms with van der Waals surface area (Å²) < 4.78 is 5.09. The summed E-state index contributed by atoms with van der Waals surface area (Å²) >= 11 is 0. The SMILES string of the molecule is COCC(C)CC(=O)N1CC2CNCC2C1C. The molecule has 2 heterocycles. The lowest BCUT2D eigenvalue weighted by Gasteiger charge is -2.25. The molecule has 2 aliphatic rings. The van der Waals surface area contributed by atoms with Crippen LogP contribution < -0.4 is 5.32 Å². The first-order valence-electron chi connectivity index (χ1n) is 6.62. The normalized spacial score (nSPS) is 33.8. The highest BCUT2D eigenvalue weighted by atomic mass is 16.5. The number of nitrogens with zero attached hydrogens (tertiary/aromatic N) is 1. The second-order valence-corrected chi connectivity index (χ2v) is 5.63. The fraction of sp³-hybridized carbons (Fsp3) is 0.923. The molecule has 4 unspecified atom stereocenters. The van der Waals surface area contributed by atoms with Gasteiger partial charge in [-0.2, -0.15) is 0 Å². The third-order valence-electron chi connectivity index (χ3n) is 4.23. The first kappa shape index (κ1) is 12.8. The molecular formula is C13H24N2O2. The minimum atomic E-state index is 0.302. The number of likely N-dealkylation sites (tertiary alicyclic amines) is 1. The molecule has 4 atom stereocenters. The fourth-order valence-electron chi connectivity index (χ4n) is 3.26. The first-order chi connectivity index (χ1) is 8.13. The second kappa shape index (κ2) is 5.36. The maximum atomic E-state index is 12.2. The number of fused-ring (bicyclic) bond motifs is 1. The van der Waals surface area contributed by atoms with Gasteiger partial charge in [0.1, 0.15) is 0 Å².